The molecule has 0 unspecified atom stereocenters. The minimum absolute atomic E-state index is 0.0208. The highest BCUT2D eigenvalue weighted by atomic mass is 16.4. The van der Waals surface area contributed by atoms with Gasteiger partial charge in [-0.25, -0.2) is 9.78 Å². The summed E-state index contributed by atoms with van der Waals surface area (Å²) >= 11 is 0. The molecule has 3 heterocycles. The van der Waals surface area contributed by atoms with Crippen LogP contribution in [0.15, 0.2) is 12.1 Å². The number of likely N-dealkylation sites (N-methyl/N-ethyl adjacent to an activating group) is 1. The summed E-state index contributed by atoms with van der Waals surface area (Å²) in [5.41, 5.74) is 0.543. The second-order valence-electron chi connectivity index (χ2n) is 4.73. The van der Waals surface area contributed by atoms with Gasteiger partial charge >= 0.3 is 5.97 Å². The van der Waals surface area contributed by atoms with Crippen LogP contribution in [0.5, 0.6) is 0 Å². The molecule has 1 saturated heterocycles. The zero-order chi connectivity index (χ0) is 13.4. The van der Waals surface area contributed by atoms with Crippen LogP contribution >= 0.6 is 0 Å². The molecule has 0 spiro atoms. The zero-order valence-corrected chi connectivity index (χ0v) is 10.6. The lowest BCUT2D eigenvalue weighted by Gasteiger charge is -2.33. The summed E-state index contributed by atoms with van der Waals surface area (Å²) in [6.07, 6.45) is 0. The van der Waals surface area contributed by atoms with E-state index in [2.05, 4.69) is 32.0 Å². The molecule has 1 aliphatic rings. The number of piperazine rings is 1. The minimum atomic E-state index is -1.04. The number of pyridine rings is 1. The van der Waals surface area contributed by atoms with Crippen molar-refractivity contribution in [3.05, 3.63) is 17.8 Å². The molecule has 0 aliphatic carbocycles. The summed E-state index contributed by atoms with van der Waals surface area (Å²) in [6, 6.07) is 3.62. The molecule has 0 aromatic carbocycles. The maximum atomic E-state index is 11.0. The highest BCUT2D eigenvalue weighted by Crippen LogP contribution is 2.20. The second-order valence-corrected chi connectivity index (χ2v) is 4.73. The fraction of sp³-hybridized carbons (Fsp3) is 0.417. The standard InChI is InChI=1S/C12H15N5O2/c1-16-4-6-17(7-5-16)9-3-2-8-10(12(18)19)14-15-11(8)13-9/h2-3H,4-7H2,1H3,(H,18,19)(H,13,14,15). The van der Waals surface area contributed by atoms with E-state index in [0.29, 0.717) is 11.0 Å². The molecule has 1 fully saturated rings. The molecule has 19 heavy (non-hydrogen) atoms. The number of carbonyl (C=O) groups is 1. The Kier molecular flexibility index (Phi) is 2.83. The number of anilines is 1. The van der Waals surface area contributed by atoms with Gasteiger partial charge in [-0.05, 0) is 19.2 Å². The maximum Gasteiger partial charge on any atom is 0.357 e. The number of aromatic amines is 1. The van der Waals surface area contributed by atoms with Crippen LogP contribution in [0.4, 0.5) is 5.82 Å². The fourth-order valence-electron chi connectivity index (χ4n) is 2.27. The molecule has 3 rings (SSSR count). The fourth-order valence-corrected chi connectivity index (χ4v) is 2.27. The molecule has 100 valence electrons. The van der Waals surface area contributed by atoms with Crippen molar-refractivity contribution in [3.63, 3.8) is 0 Å². The third kappa shape index (κ3) is 2.12. The van der Waals surface area contributed by atoms with Gasteiger partial charge < -0.3 is 14.9 Å². The van der Waals surface area contributed by atoms with E-state index in [1.54, 1.807) is 6.07 Å². The molecule has 0 bridgehead atoms. The number of carboxylic acids is 1. The second kappa shape index (κ2) is 4.51. The number of nitrogens with one attached hydrogen (secondary N) is 1. The Morgan fingerprint density at radius 2 is 2.05 bits per heavy atom. The van der Waals surface area contributed by atoms with Gasteiger partial charge in [0.25, 0.3) is 0 Å². The van der Waals surface area contributed by atoms with Gasteiger partial charge in [0.15, 0.2) is 11.3 Å². The van der Waals surface area contributed by atoms with E-state index in [0.717, 1.165) is 32.0 Å². The van der Waals surface area contributed by atoms with E-state index in [1.165, 1.54) is 0 Å². The van der Waals surface area contributed by atoms with Crippen molar-refractivity contribution in [2.45, 2.75) is 0 Å². The first-order valence-corrected chi connectivity index (χ1v) is 6.17. The van der Waals surface area contributed by atoms with Crippen molar-refractivity contribution >= 4 is 22.8 Å². The van der Waals surface area contributed by atoms with Crippen molar-refractivity contribution in [3.8, 4) is 0 Å². The molecule has 1 aliphatic heterocycles. The highest BCUT2D eigenvalue weighted by Gasteiger charge is 2.18. The molecular weight excluding hydrogens is 246 g/mol. The van der Waals surface area contributed by atoms with Crippen LogP contribution in [-0.4, -0.2) is 64.4 Å². The monoisotopic (exact) mass is 261 g/mol. The molecule has 2 N–H and O–H groups in total. The first-order chi connectivity index (χ1) is 9.15. The maximum absolute atomic E-state index is 11.0. The Balaban J connectivity index is 1.92. The van der Waals surface area contributed by atoms with E-state index >= 15 is 0 Å². The third-order valence-electron chi connectivity index (χ3n) is 3.44. The summed E-state index contributed by atoms with van der Waals surface area (Å²) in [5, 5.41) is 16.0. The number of hydrogen-bond donors (Lipinski definition) is 2. The molecule has 7 heteroatoms. The van der Waals surface area contributed by atoms with Crippen LogP contribution < -0.4 is 4.90 Å². The van der Waals surface area contributed by atoms with Crippen LogP contribution in [0.3, 0.4) is 0 Å². The van der Waals surface area contributed by atoms with Crippen LogP contribution in [-0.2, 0) is 0 Å². The predicted molar refractivity (Wildman–Crippen MR) is 70.6 cm³/mol. The van der Waals surface area contributed by atoms with Gasteiger partial charge in [-0.2, -0.15) is 5.10 Å². The SMILES string of the molecule is CN1CCN(c2ccc3c(C(=O)O)n[nH]c3n2)CC1. The summed E-state index contributed by atoms with van der Waals surface area (Å²) in [4.78, 5) is 19.9. The van der Waals surface area contributed by atoms with Crippen LogP contribution in [0, 0.1) is 0 Å². The van der Waals surface area contributed by atoms with Gasteiger partial charge in [0, 0.05) is 26.2 Å². The van der Waals surface area contributed by atoms with E-state index in [-0.39, 0.29) is 5.69 Å². The predicted octanol–water partition coefficient (Wildman–Crippen LogP) is 0.408. The molecule has 0 radical (unpaired) electrons. The summed E-state index contributed by atoms with van der Waals surface area (Å²) in [7, 11) is 2.10. The number of carboxylic acid groups (broad SMARTS) is 1. The van der Waals surface area contributed by atoms with E-state index in [9.17, 15) is 4.79 Å². The lowest BCUT2D eigenvalue weighted by molar-refractivity contribution is 0.0692. The van der Waals surface area contributed by atoms with E-state index in [4.69, 9.17) is 5.11 Å². The zero-order valence-electron chi connectivity index (χ0n) is 10.6. The Morgan fingerprint density at radius 1 is 1.32 bits per heavy atom. The minimum Gasteiger partial charge on any atom is -0.476 e. The van der Waals surface area contributed by atoms with Gasteiger partial charge in [-0.1, -0.05) is 0 Å². The van der Waals surface area contributed by atoms with Crippen LogP contribution in [0.2, 0.25) is 0 Å². The number of rotatable bonds is 2. The van der Waals surface area contributed by atoms with Crippen LogP contribution in [0.25, 0.3) is 11.0 Å². The summed E-state index contributed by atoms with van der Waals surface area (Å²) in [5.74, 6) is -0.179. The highest BCUT2D eigenvalue weighted by molar-refractivity contribution is 6.00. The smallest absolute Gasteiger partial charge is 0.357 e. The van der Waals surface area contributed by atoms with Gasteiger partial charge in [-0.3, -0.25) is 5.10 Å². The topological polar surface area (TPSA) is 85.4 Å². The largest absolute Gasteiger partial charge is 0.476 e. The molecule has 0 amide bonds. The van der Waals surface area contributed by atoms with Crippen molar-refractivity contribution in [1.82, 2.24) is 20.1 Å². The molecule has 2 aromatic rings. The molecule has 0 atom stereocenters. The quantitative estimate of drug-likeness (QED) is 0.814. The Morgan fingerprint density at radius 3 is 2.74 bits per heavy atom. The van der Waals surface area contributed by atoms with Gasteiger partial charge in [0.1, 0.15) is 5.82 Å². The lowest BCUT2D eigenvalue weighted by Crippen LogP contribution is -2.44. The van der Waals surface area contributed by atoms with Crippen molar-refractivity contribution < 1.29 is 9.90 Å². The number of fused-ring (bicyclic) bond motifs is 1. The normalized spacial score (nSPS) is 17.0. The third-order valence-corrected chi connectivity index (χ3v) is 3.44. The lowest BCUT2D eigenvalue weighted by atomic mass is 10.2. The summed E-state index contributed by atoms with van der Waals surface area (Å²) < 4.78 is 0. The molecule has 2 aromatic heterocycles. The first kappa shape index (κ1) is 11.9. The number of aromatic carboxylic acids is 1. The first-order valence-electron chi connectivity index (χ1n) is 6.17. The molecular formula is C12H15N5O2. The Labute approximate surface area is 109 Å². The molecule has 0 saturated carbocycles. The van der Waals surface area contributed by atoms with Gasteiger partial charge in [0.05, 0.1) is 5.39 Å². The summed E-state index contributed by atoms with van der Waals surface area (Å²) in [6.45, 7) is 3.86. The number of H-pyrrole nitrogens is 1. The average Bonchev–Trinajstić information content (AvgIpc) is 2.82. The van der Waals surface area contributed by atoms with Crippen molar-refractivity contribution in [2.75, 3.05) is 38.1 Å². The number of nitrogens with zero attached hydrogens (tertiary/aromatic N) is 4. The Bertz CT molecular complexity index is 616. The van der Waals surface area contributed by atoms with E-state index in [1.807, 2.05) is 6.07 Å². The van der Waals surface area contributed by atoms with E-state index < -0.39 is 5.97 Å². The Hall–Kier alpha value is -2.15. The number of hydrogen-bond acceptors (Lipinski definition) is 5. The molecule has 7 nitrogen and oxygen atoms in total. The number of aromatic nitrogens is 3. The van der Waals surface area contributed by atoms with Crippen molar-refractivity contribution in [2.24, 2.45) is 0 Å². The van der Waals surface area contributed by atoms with Gasteiger partial charge in [0.2, 0.25) is 0 Å². The average molecular weight is 261 g/mol. The van der Waals surface area contributed by atoms with Crippen molar-refractivity contribution in [1.29, 1.82) is 0 Å². The van der Waals surface area contributed by atoms with Gasteiger partial charge in [-0.15, -0.1) is 0 Å². The van der Waals surface area contributed by atoms with Crippen LogP contribution in [0.1, 0.15) is 10.5 Å².